The van der Waals surface area contributed by atoms with E-state index in [4.69, 9.17) is 14.2 Å². The van der Waals surface area contributed by atoms with Gasteiger partial charge < -0.3 is 19.3 Å². The van der Waals surface area contributed by atoms with Crippen LogP contribution in [0.15, 0.2) is 0 Å². The Morgan fingerprint density at radius 1 is 1.07 bits per heavy atom. The fourth-order valence-corrected chi connectivity index (χ4v) is 4.85. The summed E-state index contributed by atoms with van der Waals surface area (Å²) in [6.07, 6.45) is 12.2. The van der Waals surface area contributed by atoms with Gasteiger partial charge in [-0.3, -0.25) is 4.79 Å². The molecule has 1 rings (SSSR count). The average molecular weight is 479 g/mol. The molecule has 172 valence electrons. The second kappa shape index (κ2) is 17.5. The van der Waals surface area contributed by atoms with Crippen molar-refractivity contribution in [1.82, 2.24) is 0 Å². The highest BCUT2D eigenvalue weighted by molar-refractivity contribution is 9.09. The molecule has 0 heterocycles. The molecule has 1 saturated carbocycles. The third kappa shape index (κ3) is 12.3. The van der Waals surface area contributed by atoms with Crippen molar-refractivity contribution in [1.29, 1.82) is 0 Å². The highest BCUT2D eigenvalue weighted by Gasteiger charge is 2.33. The molecule has 1 fully saturated rings. The molecule has 0 aromatic carbocycles. The van der Waals surface area contributed by atoms with Crippen LogP contribution in [0, 0.1) is 11.8 Å². The molecule has 1 N–H and O–H groups in total. The third-order valence-corrected chi connectivity index (χ3v) is 6.43. The Morgan fingerprint density at radius 2 is 1.86 bits per heavy atom. The van der Waals surface area contributed by atoms with Crippen LogP contribution in [0.25, 0.3) is 0 Å². The number of esters is 1. The van der Waals surface area contributed by atoms with Crippen LogP contribution in [-0.4, -0.2) is 48.6 Å². The number of alkyl halides is 1. The maximum atomic E-state index is 11.5. The fourth-order valence-electron chi connectivity index (χ4n) is 4.45. The molecule has 0 aromatic heterocycles. The highest BCUT2D eigenvalue weighted by Crippen LogP contribution is 2.38. The molecule has 4 unspecified atom stereocenters. The number of ether oxygens (including phenoxy) is 3. The van der Waals surface area contributed by atoms with E-state index in [9.17, 15) is 9.90 Å². The van der Waals surface area contributed by atoms with Gasteiger partial charge in [0.1, 0.15) is 0 Å². The largest absolute Gasteiger partial charge is 0.466 e. The van der Waals surface area contributed by atoms with E-state index in [-0.39, 0.29) is 12.1 Å². The van der Waals surface area contributed by atoms with Crippen LogP contribution >= 0.6 is 15.9 Å². The van der Waals surface area contributed by atoms with E-state index in [1.54, 1.807) is 0 Å². The average Bonchev–Trinajstić information content (AvgIpc) is 2.70. The number of hydrogen-bond acceptors (Lipinski definition) is 5. The molecule has 6 heteroatoms. The van der Waals surface area contributed by atoms with Crippen molar-refractivity contribution < 1.29 is 24.1 Å². The fraction of sp³-hybridized carbons (Fsp3) is 0.957. The van der Waals surface area contributed by atoms with E-state index in [0.29, 0.717) is 50.9 Å². The predicted octanol–water partition coefficient (Wildman–Crippen LogP) is 5.61. The topological polar surface area (TPSA) is 65.0 Å². The van der Waals surface area contributed by atoms with Crippen LogP contribution in [0.1, 0.15) is 90.9 Å². The standard InChI is InChI=1S/C23H43BrO5/c1-3-27-22(25)14-10-18-29-21-13-9-12-19(11-7-5-6-8-17-24)20(21)15-16-23(26)28-4-2/h19-21,23,26H,3-18H2,1-2H3. The lowest BCUT2D eigenvalue weighted by molar-refractivity contribution is -0.143. The summed E-state index contributed by atoms with van der Waals surface area (Å²) in [4.78, 5) is 11.5. The molecule has 4 atom stereocenters. The first-order valence-electron chi connectivity index (χ1n) is 11.7. The molecule has 0 aliphatic heterocycles. The Kier molecular flexibility index (Phi) is 16.2. The van der Waals surface area contributed by atoms with Crippen LogP contribution in [-0.2, 0) is 19.0 Å². The summed E-state index contributed by atoms with van der Waals surface area (Å²) in [6, 6.07) is 0. The van der Waals surface area contributed by atoms with Crippen LogP contribution in [0.2, 0.25) is 0 Å². The summed E-state index contributed by atoms with van der Waals surface area (Å²) >= 11 is 3.51. The van der Waals surface area contributed by atoms with Crippen molar-refractivity contribution in [3.05, 3.63) is 0 Å². The Hall–Kier alpha value is -0.170. The minimum absolute atomic E-state index is 0.141. The summed E-state index contributed by atoms with van der Waals surface area (Å²) < 4.78 is 16.6. The van der Waals surface area contributed by atoms with Gasteiger partial charge in [0.05, 0.1) is 12.7 Å². The molecule has 1 aliphatic rings. The maximum absolute atomic E-state index is 11.5. The monoisotopic (exact) mass is 478 g/mol. The van der Waals surface area contributed by atoms with Crippen molar-refractivity contribution >= 4 is 21.9 Å². The van der Waals surface area contributed by atoms with Gasteiger partial charge in [-0.1, -0.05) is 48.0 Å². The van der Waals surface area contributed by atoms with Gasteiger partial charge in [0.15, 0.2) is 6.29 Å². The Bertz CT molecular complexity index is 407. The molecule has 0 bridgehead atoms. The van der Waals surface area contributed by atoms with Gasteiger partial charge >= 0.3 is 5.97 Å². The number of hydrogen-bond donors (Lipinski definition) is 1. The number of halogens is 1. The quantitative estimate of drug-likeness (QED) is 0.127. The number of carbonyl (C=O) groups excluding carboxylic acids is 1. The van der Waals surface area contributed by atoms with Gasteiger partial charge in [0.25, 0.3) is 0 Å². The van der Waals surface area contributed by atoms with Crippen molar-refractivity contribution in [2.75, 3.05) is 25.2 Å². The normalized spacial score (nSPS) is 23.1. The number of aliphatic hydroxyl groups is 1. The molecule has 0 radical (unpaired) electrons. The smallest absolute Gasteiger partial charge is 0.305 e. The SMILES string of the molecule is CCOC(=O)CCCOC1CCCC(CCCCCCBr)C1CCC(O)OCC. The van der Waals surface area contributed by atoms with Crippen LogP contribution < -0.4 is 0 Å². The lowest BCUT2D eigenvalue weighted by Crippen LogP contribution is -2.35. The summed E-state index contributed by atoms with van der Waals surface area (Å²) in [5.74, 6) is 0.992. The zero-order valence-corrected chi connectivity index (χ0v) is 20.2. The minimum Gasteiger partial charge on any atom is -0.466 e. The van der Waals surface area contributed by atoms with Gasteiger partial charge in [0.2, 0.25) is 0 Å². The zero-order chi connectivity index (χ0) is 21.3. The van der Waals surface area contributed by atoms with Crippen molar-refractivity contribution in [3.8, 4) is 0 Å². The molecule has 0 spiro atoms. The van der Waals surface area contributed by atoms with E-state index in [1.165, 1.54) is 44.9 Å². The first-order valence-corrected chi connectivity index (χ1v) is 12.9. The van der Waals surface area contributed by atoms with Crippen molar-refractivity contribution in [3.63, 3.8) is 0 Å². The van der Waals surface area contributed by atoms with Gasteiger partial charge in [-0.05, 0) is 64.2 Å². The summed E-state index contributed by atoms with van der Waals surface area (Å²) in [7, 11) is 0. The van der Waals surface area contributed by atoms with Gasteiger partial charge in [-0.25, -0.2) is 0 Å². The lowest BCUT2D eigenvalue weighted by Gasteiger charge is -2.39. The number of unbranched alkanes of at least 4 members (excludes halogenated alkanes) is 3. The second-order valence-electron chi connectivity index (χ2n) is 8.05. The Morgan fingerprint density at radius 3 is 2.59 bits per heavy atom. The molecule has 0 amide bonds. The second-order valence-corrected chi connectivity index (χ2v) is 8.84. The minimum atomic E-state index is -0.675. The van der Waals surface area contributed by atoms with Gasteiger partial charge in [-0.15, -0.1) is 0 Å². The van der Waals surface area contributed by atoms with E-state index >= 15 is 0 Å². The first-order chi connectivity index (χ1) is 14.1. The lowest BCUT2D eigenvalue weighted by atomic mass is 9.72. The maximum Gasteiger partial charge on any atom is 0.305 e. The van der Waals surface area contributed by atoms with Crippen LogP contribution in [0.4, 0.5) is 0 Å². The highest BCUT2D eigenvalue weighted by atomic mass is 79.9. The van der Waals surface area contributed by atoms with E-state index in [1.807, 2.05) is 13.8 Å². The summed E-state index contributed by atoms with van der Waals surface area (Å²) in [5.41, 5.74) is 0. The number of aliphatic hydroxyl groups excluding tert-OH is 1. The van der Waals surface area contributed by atoms with Crippen molar-refractivity contribution in [2.24, 2.45) is 11.8 Å². The van der Waals surface area contributed by atoms with E-state index in [2.05, 4.69) is 15.9 Å². The van der Waals surface area contributed by atoms with Gasteiger partial charge in [0, 0.05) is 25.0 Å². The number of rotatable bonds is 17. The number of carbonyl (C=O) groups is 1. The molecule has 1 aliphatic carbocycles. The van der Waals surface area contributed by atoms with Gasteiger partial charge in [-0.2, -0.15) is 0 Å². The van der Waals surface area contributed by atoms with Crippen LogP contribution in [0.5, 0.6) is 0 Å². The molecule has 0 aromatic rings. The Labute approximate surface area is 186 Å². The zero-order valence-electron chi connectivity index (χ0n) is 18.6. The molecule has 5 nitrogen and oxygen atoms in total. The first kappa shape index (κ1) is 26.9. The molecule has 29 heavy (non-hydrogen) atoms. The van der Waals surface area contributed by atoms with Crippen LogP contribution in [0.3, 0.4) is 0 Å². The molecular weight excluding hydrogens is 436 g/mol. The third-order valence-electron chi connectivity index (χ3n) is 5.87. The van der Waals surface area contributed by atoms with E-state index in [0.717, 1.165) is 18.2 Å². The summed E-state index contributed by atoms with van der Waals surface area (Å²) in [6.45, 7) is 5.32. The summed E-state index contributed by atoms with van der Waals surface area (Å²) in [5, 5.41) is 11.1. The molecule has 0 saturated heterocycles. The molecular formula is C23H43BrO5. The van der Waals surface area contributed by atoms with Crippen molar-refractivity contribution in [2.45, 2.75) is 103 Å². The van der Waals surface area contributed by atoms with E-state index < -0.39 is 6.29 Å². The Balaban J connectivity index is 2.51. The predicted molar refractivity (Wildman–Crippen MR) is 120 cm³/mol.